The predicted octanol–water partition coefficient (Wildman–Crippen LogP) is 6.25. The molecule has 30 heavy (non-hydrogen) atoms. The Labute approximate surface area is 178 Å². The minimum atomic E-state index is -4.34. The lowest BCUT2D eigenvalue weighted by molar-refractivity contribution is -0.137. The first-order valence-electron chi connectivity index (χ1n) is 8.81. The van der Waals surface area contributed by atoms with E-state index in [9.17, 15) is 18.0 Å². The SMILES string of the molecule is O=C(Nc1nnc(SCc2ccc(C(F)(F)F)cc2)s1)c1ccc2ccccc2c1. The van der Waals surface area contributed by atoms with Gasteiger partial charge in [0, 0.05) is 11.3 Å². The topological polar surface area (TPSA) is 54.9 Å². The number of carbonyl (C=O) groups is 1. The van der Waals surface area contributed by atoms with Crippen LogP contribution in [-0.4, -0.2) is 16.1 Å². The van der Waals surface area contributed by atoms with E-state index in [1.807, 2.05) is 36.4 Å². The number of alkyl halides is 3. The second kappa shape index (κ2) is 8.45. The van der Waals surface area contributed by atoms with E-state index in [1.54, 1.807) is 6.07 Å². The molecule has 0 aliphatic carbocycles. The van der Waals surface area contributed by atoms with Crippen molar-refractivity contribution in [3.8, 4) is 0 Å². The molecule has 0 unspecified atom stereocenters. The first-order valence-corrected chi connectivity index (χ1v) is 10.6. The van der Waals surface area contributed by atoms with Gasteiger partial charge < -0.3 is 0 Å². The third-order valence-electron chi connectivity index (χ3n) is 4.28. The molecule has 9 heteroatoms. The third-order valence-corrected chi connectivity index (χ3v) is 6.33. The van der Waals surface area contributed by atoms with Gasteiger partial charge in [0.15, 0.2) is 4.34 Å². The summed E-state index contributed by atoms with van der Waals surface area (Å²) in [5.74, 6) is 0.168. The summed E-state index contributed by atoms with van der Waals surface area (Å²) in [6.45, 7) is 0. The van der Waals surface area contributed by atoms with E-state index in [2.05, 4.69) is 15.5 Å². The van der Waals surface area contributed by atoms with Crippen LogP contribution in [0, 0.1) is 0 Å². The van der Waals surface area contributed by atoms with Gasteiger partial charge in [-0.3, -0.25) is 10.1 Å². The van der Waals surface area contributed by atoms with E-state index in [0.29, 0.717) is 20.8 Å². The monoisotopic (exact) mass is 445 g/mol. The van der Waals surface area contributed by atoms with Crippen molar-refractivity contribution in [3.63, 3.8) is 0 Å². The van der Waals surface area contributed by atoms with Gasteiger partial charge in [-0.2, -0.15) is 13.2 Å². The molecular weight excluding hydrogens is 431 g/mol. The van der Waals surface area contributed by atoms with Crippen LogP contribution in [0.1, 0.15) is 21.5 Å². The number of rotatable bonds is 5. The molecule has 4 aromatic rings. The van der Waals surface area contributed by atoms with Crippen molar-refractivity contribution in [2.45, 2.75) is 16.3 Å². The fourth-order valence-electron chi connectivity index (χ4n) is 2.75. The first-order chi connectivity index (χ1) is 14.4. The summed E-state index contributed by atoms with van der Waals surface area (Å²) in [4.78, 5) is 12.5. The molecule has 1 heterocycles. The molecule has 0 saturated carbocycles. The zero-order valence-electron chi connectivity index (χ0n) is 15.3. The average Bonchev–Trinajstić information content (AvgIpc) is 3.19. The summed E-state index contributed by atoms with van der Waals surface area (Å²) in [5, 5.41) is 13.1. The predicted molar refractivity (Wildman–Crippen MR) is 113 cm³/mol. The molecule has 0 saturated heterocycles. The molecule has 0 radical (unpaired) electrons. The summed E-state index contributed by atoms with van der Waals surface area (Å²) in [6.07, 6.45) is -4.34. The van der Waals surface area contributed by atoms with Crippen molar-refractivity contribution in [1.82, 2.24) is 10.2 Å². The number of thioether (sulfide) groups is 1. The lowest BCUT2D eigenvalue weighted by Gasteiger charge is -2.06. The molecule has 4 rings (SSSR count). The van der Waals surface area contributed by atoms with Gasteiger partial charge in [0.1, 0.15) is 0 Å². The molecule has 0 atom stereocenters. The van der Waals surface area contributed by atoms with E-state index in [-0.39, 0.29) is 5.91 Å². The van der Waals surface area contributed by atoms with E-state index in [0.717, 1.165) is 28.5 Å². The van der Waals surface area contributed by atoms with E-state index in [4.69, 9.17) is 0 Å². The molecule has 0 fully saturated rings. The number of benzene rings is 3. The van der Waals surface area contributed by atoms with E-state index in [1.165, 1.54) is 35.2 Å². The van der Waals surface area contributed by atoms with Crippen molar-refractivity contribution in [2.75, 3.05) is 5.32 Å². The largest absolute Gasteiger partial charge is 0.416 e. The standard InChI is InChI=1S/C21H14F3N3OS2/c22-21(23,24)17-9-5-13(6-10-17)12-29-20-27-26-19(30-20)25-18(28)16-8-7-14-3-1-2-4-15(14)11-16/h1-11H,12H2,(H,25,26,28). The van der Waals surface area contributed by atoms with E-state index >= 15 is 0 Å². The van der Waals surface area contributed by atoms with Crippen LogP contribution in [0.25, 0.3) is 10.8 Å². The van der Waals surface area contributed by atoms with Gasteiger partial charge in [0.05, 0.1) is 5.56 Å². The van der Waals surface area contributed by atoms with Crippen molar-refractivity contribution >= 4 is 44.9 Å². The molecule has 0 spiro atoms. The van der Waals surface area contributed by atoms with Gasteiger partial charge in [0.25, 0.3) is 5.91 Å². The summed E-state index contributed by atoms with van der Waals surface area (Å²) in [7, 11) is 0. The highest BCUT2D eigenvalue weighted by atomic mass is 32.2. The number of hydrogen-bond donors (Lipinski definition) is 1. The lowest BCUT2D eigenvalue weighted by Crippen LogP contribution is -2.11. The minimum absolute atomic E-state index is 0.281. The molecule has 1 amide bonds. The van der Waals surface area contributed by atoms with Crippen LogP contribution in [0.5, 0.6) is 0 Å². The minimum Gasteiger partial charge on any atom is -0.296 e. The Morgan fingerprint density at radius 1 is 0.967 bits per heavy atom. The fraction of sp³-hybridized carbons (Fsp3) is 0.0952. The third kappa shape index (κ3) is 4.80. The number of hydrogen-bond acceptors (Lipinski definition) is 5. The van der Waals surface area contributed by atoms with Crippen LogP contribution in [0.4, 0.5) is 18.3 Å². The summed E-state index contributed by atoms with van der Waals surface area (Å²) < 4.78 is 38.5. The molecule has 0 aliphatic rings. The molecule has 1 aromatic heterocycles. The molecule has 152 valence electrons. The van der Waals surface area contributed by atoms with Crippen LogP contribution in [0.15, 0.2) is 71.1 Å². The Kier molecular flexibility index (Phi) is 5.74. The van der Waals surface area contributed by atoms with Gasteiger partial charge in [-0.25, -0.2) is 0 Å². The second-order valence-corrected chi connectivity index (χ2v) is 8.57. The Morgan fingerprint density at radius 3 is 2.43 bits per heavy atom. The van der Waals surface area contributed by atoms with Crippen LogP contribution in [0.2, 0.25) is 0 Å². The smallest absolute Gasteiger partial charge is 0.296 e. The molecule has 1 N–H and O–H groups in total. The number of halogens is 3. The second-order valence-electron chi connectivity index (χ2n) is 6.37. The Bertz CT molecular complexity index is 1190. The first kappa shape index (κ1) is 20.4. The molecule has 4 nitrogen and oxygen atoms in total. The van der Waals surface area contributed by atoms with Gasteiger partial charge in [-0.1, -0.05) is 65.6 Å². The maximum atomic E-state index is 12.6. The summed E-state index contributed by atoms with van der Waals surface area (Å²) in [5.41, 5.74) is 0.582. The van der Waals surface area contributed by atoms with Crippen LogP contribution < -0.4 is 5.32 Å². The molecule has 0 bridgehead atoms. The number of carbonyl (C=O) groups excluding carboxylic acids is 1. The Morgan fingerprint density at radius 2 is 1.70 bits per heavy atom. The summed E-state index contributed by atoms with van der Waals surface area (Å²) in [6, 6.07) is 18.2. The molecule has 3 aromatic carbocycles. The number of nitrogens with one attached hydrogen (secondary N) is 1. The number of nitrogens with zero attached hydrogens (tertiary/aromatic N) is 2. The van der Waals surface area contributed by atoms with Crippen molar-refractivity contribution in [2.24, 2.45) is 0 Å². The van der Waals surface area contributed by atoms with Crippen molar-refractivity contribution in [1.29, 1.82) is 0 Å². The zero-order chi connectivity index (χ0) is 21.1. The van der Waals surface area contributed by atoms with Crippen LogP contribution >= 0.6 is 23.1 Å². The van der Waals surface area contributed by atoms with Gasteiger partial charge in [-0.05, 0) is 40.6 Å². The lowest BCUT2D eigenvalue weighted by atomic mass is 10.1. The van der Waals surface area contributed by atoms with Crippen LogP contribution in [0.3, 0.4) is 0 Å². The Balaban J connectivity index is 1.37. The maximum absolute atomic E-state index is 12.6. The number of aromatic nitrogens is 2. The average molecular weight is 445 g/mol. The highest BCUT2D eigenvalue weighted by Gasteiger charge is 2.29. The number of amides is 1. The fourth-order valence-corrected chi connectivity index (χ4v) is 4.46. The van der Waals surface area contributed by atoms with Gasteiger partial charge in [-0.15, -0.1) is 10.2 Å². The van der Waals surface area contributed by atoms with E-state index < -0.39 is 11.7 Å². The van der Waals surface area contributed by atoms with Gasteiger partial charge >= 0.3 is 6.18 Å². The molecular formula is C21H14F3N3OS2. The quantitative estimate of drug-likeness (QED) is 0.291. The van der Waals surface area contributed by atoms with Crippen LogP contribution in [-0.2, 0) is 11.9 Å². The normalized spacial score (nSPS) is 11.6. The molecule has 0 aliphatic heterocycles. The van der Waals surface area contributed by atoms with Crippen molar-refractivity contribution in [3.05, 3.63) is 83.4 Å². The number of fused-ring (bicyclic) bond motifs is 1. The number of anilines is 1. The highest BCUT2D eigenvalue weighted by molar-refractivity contribution is 8.00. The maximum Gasteiger partial charge on any atom is 0.416 e. The highest BCUT2D eigenvalue weighted by Crippen LogP contribution is 2.31. The van der Waals surface area contributed by atoms with Gasteiger partial charge in [0.2, 0.25) is 5.13 Å². The Hall–Kier alpha value is -2.91. The summed E-state index contributed by atoms with van der Waals surface area (Å²) >= 11 is 2.56. The zero-order valence-corrected chi connectivity index (χ0v) is 16.9. The van der Waals surface area contributed by atoms with Crippen molar-refractivity contribution < 1.29 is 18.0 Å².